The molecule has 1 aromatic carbocycles. The summed E-state index contributed by atoms with van der Waals surface area (Å²) in [7, 11) is 0. The number of aliphatic hydroxyl groups excluding tert-OH is 1. The largest absolute Gasteiger partial charge is 0.394 e. The summed E-state index contributed by atoms with van der Waals surface area (Å²) in [5, 5.41) is 28.1. The molecule has 1 aliphatic heterocycles. The van der Waals surface area contributed by atoms with Crippen LogP contribution < -0.4 is 54.4 Å². The van der Waals surface area contributed by atoms with E-state index in [1.54, 1.807) is 58.0 Å². The molecule has 14 N–H and O–H groups in total. The maximum Gasteiger partial charge on any atom is 0.243 e. The lowest BCUT2D eigenvalue weighted by Gasteiger charge is -2.29. The van der Waals surface area contributed by atoms with Gasteiger partial charge >= 0.3 is 0 Å². The molecule has 1 saturated heterocycles. The van der Waals surface area contributed by atoms with E-state index >= 15 is 0 Å². The minimum Gasteiger partial charge on any atom is -0.394 e. The molecule has 19 nitrogen and oxygen atoms in total. The van der Waals surface area contributed by atoms with E-state index in [1.807, 2.05) is 0 Å². The molecule has 7 atom stereocenters. The summed E-state index contributed by atoms with van der Waals surface area (Å²) in [6.45, 7) is 6.88. The first-order valence-corrected chi connectivity index (χ1v) is 18.4. The minimum absolute atomic E-state index is 0.149. The molecule has 306 valence electrons. The lowest BCUT2D eigenvalue weighted by Crippen LogP contribution is -2.60. The van der Waals surface area contributed by atoms with Gasteiger partial charge in [0.2, 0.25) is 47.3 Å². The highest BCUT2D eigenvalue weighted by molar-refractivity contribution is 5.96. The van der Waals surface area contributed by atoms with Crippen LogP contribution in [0.25, 0.3) is 0 Å². The first kappa shape index (κ1) is 46.0. The molecule has 55 heavy (non-hydrogen) atoms. The molecule has 19 heteroatoms. The third kappa shape index (κ3) is 16.0. The number of aliphatic hydroxyl groups is 1. The molecular weight excluding hydrogens is 716 g/mol. The second-order valence-electron chi connectivity index (χ2n) is 14.3. The number of hydrogen-bond acceptors (Lipinski definition) is 11. The van der Waals surface area contributed by atoms with E-state index in [-0.39, 0.29) is 43.6 Å². The third-order valence-electron chi connectivity index (χ3n) is 8.95. The Kier molecular flexibility index (Phi) is 19.2. The smallest absolute Gasteiger partial charge is 0.243 e. The van der Waals surface area contributed by atoms with Gasteiger partial charge in [-0.05, 0) is 49.6 Å². The summed E-state index contributed by atoms with van der Waals surface area (Å²) in [6.07, 6.45) is 0.422. The molecule has 0 aromatic heterocycles. The number of hydrogen-bond donors (Lipinski definition) is 11. The molecule has 0 saturated carbocycles. The van der Waals surface area contributed by atoms with Gasteiger partial charge in [0.25, 0.3) is 0 Å². The number of rotatable bonds is 23. The third-order valence-corrected chi connectivity index (χ3v) is 8.95. The molecular formula is C36H58N10O9. The van der Waals surface area contributed by atoms with Crippen molar-refractivity contribution >= 4 is 47.3 Å². The van der Waals surface area contributed by atoms with Crippen molar-refractivity contribution in [2.24, 2.45) is 29.0 Å². The fourth-order valence-electron chi connectivity index (χ4n) is 5.78. The van der Waals surface area contributed by atoms with Crippen LogP contribution in [0.1, 0.15) is 65.4 Å². The highest BCUT2D eigenvalue weighted by atomic mass is 16.3. The lowest BCUT2D eigenvalue weighted by molar-refractivity contribution is -0.134. The van der Waals surface area contributed by atoms with Crippen LogP contribution in [-0.4, -0.2) is 114 Å². The fourth-order valence-corrected chi connectivity index (χ4v) is 5.78. The average Bonchev–Trinajstić information content (AvgIpc) is 3.68. The zero-order valence-electron chi connectivity index (χ0n) is 31.9. The van der Waals surface area contributed by atoms with E-state index in [1.165, 1.54) is 0 Å². The summed E-state index contributed by atoms with van der Waals surface area (Å²) in [5.41, 5.74) is 16.9. The highest BCUT2D eigenvalue weighted by Gasteiger charge is 2.34. The van der Waals surface area contributed by atoms with Crippen molar-refractivity contribution < 1.29 is 43.5 Å². The number of nitrogens with two attached hydrogens (primary N) is 3. The van der Waals surface area contributed by atoms with Crippen LogP contribution >= 0.6 is 0 Å². The van der Waals surface area contributed by atoms with E-state index in [0.29, 0.717) is 13.0 Å². The van der Waals surface area contributed by atoms with E-state index < -0.39 is 96.7 Å². The zero-order chi connectivity index (χ0) is 41.2. The summed E-state index contributed by atoms with van der Waals surface area (Å²) in [4.78, 5) is 103. The second-order valence-corrected chi connectivity index (χ2v) is 14.3. The van der Waals surface area contributed by atoms with Crippen molar-refractivity contribution in [1.29, 1.82) is 0 Å². The van der Waals surface area contributed by atoms with E-state index in [0.717, 1.165) is 12.0 Å². The van der Waals surface area contributed by atoms with Gasteiger partial charge < -0.3 is 59.5 Å². The highest BCUT2D eigenvalue weighted by Crippen LogP contribution is 2.11. The molecule has 2 rings (SSSR count). The number of nitrogens with one attached hydrogen (secondary N) is 7. The van der Waals surface area contributed by atoms with Crippen molar-refractivity contribution in [3.63, 3.8) is 0 Å². The maximum atomic E-state index is 13.7. The van der Waals surface area contributed by atoms with Crippen molar-refractivity contribution in [3.8, 4) is 0 Å². The Morgan fingerprint density at radius 3 is 1.91 bits per heavy atom. The molecule has 0 radical (unpaired) electrons. The van der Waals surface area contributed by atoms with E-state index in [4.69, 9.17) is 17.2 Å². The Labute approximate surface area is 320 Å². The predicted molar refractivity (Wildman–Crippen MR) is 201 cm³/mol. The number of carbonyl (C=O) groups is 8. The van der Waals surface area contributed by atoms with Crippen LogP contribution in [0.15, 0.2) is 30.3 Å². The first-order valence-electron chi connectivity index (χ1n) is 18.4. The van der Waals surface area contributed by atoms with Gasteiger partial charge in [0.05, 0.1) is 25.1 Å². The Bertz CT molecular complexity index is 1490. The van der Waals surface area contributed by atoms with Gasteiger partial charge in [-0.15, -0.1) is 0 Å². The summed E-state index contributed by atoms with van der Waals surface area (Å²) >= 11 is 0. The zero-order valence-corrected chi connectivity index (χ0v) is 31.9. The quantitative estimate of drug-likeness (QED) is 0.0514. The van der Waals surface area contributed by atoms with E-state index in [2.05, 4.69) is 37.2 Å². The molecule has 0 aliphatic carbocycles. The van der Waals surface area contributed by atoms with Gasteiger partial charge in [-0.3, -0.25) is 38.4 Å². The van der Waals surface area contributed by atoms with Crippen molar-refractivity contribution in [3.05, 3.63) is 35.9 Å². The lowest BCUT2D eigenvalue weighted by atomic mass is 9.99. The molecule has 1 heterocycles. The van der Waals surface area contributed by atoms with Crippen LogP contribution in [-0.2, 0) is 44.8 Å². The Hall–Kier alpha value is -5.14. The van der Waals surface area contributed by atoms with Crippen molar-refractivity contribution in [1.82, 2.24) is 37.2 Å². The van der Waals surface area contributed by atoms with Crippen molar-refractivity contribution in [2.75, 3.05) is 19.7 Å². The normalized spacial score (nSPS) is 17.1. The van der Waals surface area contributed by atoms with Gasteiger partial charge in [-0.1, -0.05) is 58.0 Å². The first-order chi connectivity index (χ1) is 25.9. The number of primary amides is 2. The van der Waals surface area contributed by atoms with Crippen molar-refractivity contribution in [2.45, 2.75) is 109 Å². The standard InChI is InChI=1S/C36H58N10O9/c1-19(2)29(46-36(55)30(20(3)4)45-32(51)24-11-8-14-40-24)35(54)41-17-22(15-21-9-6-5-7-10-21)42-34(53)26(16-28(39)49)44-33(52)25(12-13-27(38)48)43-31(50)23(37)18-47/h5-7,9-10,19-20,22-26,29-30,40,47H,8,11-18,37H2,1-4H3,(H2,38,48)(H2,39,49)(H,41,54)(H,42,53)(H,43,50)(H,44,52)(H,45,51)(H,46,55)/t22?,23-,24-,25-,26-,29-,30-/m0/s1. The summed E-state index contributed by atoms with van der Waals surface area (Å²) in [5.74, 6) is -6.49. The Morgan fingerprint density at radius 2 is 1.36 bits per heavy atom. The topological polar surface area (TPSA) is 319 Å². The van der Waals surface area contributed by atoms with Gasteiger partial charge in [0.1, 0.15) is 30.2 Å². The number of benzene rings is 1. The predicted octanol–water partition coefficient (Wildman–Crippen LogP) is -3.71. The molecule has 0 spiro atoms. The molecule has 1 unspecified atom stereocenters. The van der Waals surface area contributed by atoms with Gasteiger partial charge in [-0.2, -0.15) is 0 Å². The monoisotopic (exact) mass is 774 g/mol. The molecule has 0 bridgehead atoms. The van der Waals surface area contributed by atoms with Gasteiger partial charge in [0.15, 0.2) is 0 Å². The van der Waals surface area contributed by atoms with E-state index in [9.17, 15) is 43.5 Å². The fraction of sp³-hybridized carbons (Fsp3) is 0.611. The maximum absolute atomic E-state index is 13.7. The molecule has 8 amide bonds. The SMILES string of the molecule is CC(C)[C@H](NC(=O)[C@@H]1CCCN1)C(=O)N[C@H](C(=O)NCC(Cc1ccccc1)NC(=O)[C@H](CC(N)=O)NC(=O)[C@H](CCC(N)=O)NC(=O)[C@@H](N)CO)C(C)C. The second kappa shape index (κ2) is 22.9. The van der Waals surface area contributed by atoms with Crippen LogP contribution in [0.4, 0.5) is 0 Å². The summed E-state index contributed by atoms with van der Waals surface area (Å²) in [6, 6.07) is 1.46. The van der Waals surface area contributed by atoms with Gasteiger partial charge in [0, 0.05) is 13.0 Å². The number of carbonyl (C=O) groups excluding carboxylic acids is 8. The molecule has 1 fully saturated rings. The molecule has 1 aliphatic rings. The Morgan fingerprint density at radius 1 is 0.764 bits per heavy atom. The van der Waals surface area contributed by atoms with Crippen LogP contribution in [0.5, 0.6) is 0 Å². The summed E-state index contributed by atoms with van der Waals surface area (Å²) < 4.78 is 0. The average molecular weight is 775 g/mol. The molecule has 1 aromatic rings. The minimum atomic E-state index is -1.55. The Balaban J connectivity index is 2.24. The van der Waals surface area contributed by atoms with Crippen LogP contribution in [0.2, 0.25) is 0 Å². The van der Waals surface area contributed by atoms with Gasteiger partial charge in [-0.25, -0.2) is 0 Å². The van der Waals surface area contributed by atoms with Crippen LogP contribution in [0, 0.1) is 11.8 Å². The van der Waals surface area contributed by atoms with Crippen LogP contribution in [0.3, 0.4) is 0 Å². The number of amides is 8.